The summed E-state index contributed by atoms with van der Waals surface area (Å²) in [5, 5.41) is 0.916. The first-order valence-corrected chi connectivity index (χ1v) is 12.3. The Morgan fingerprint density at radius 3 is 2.34 bits per heavy atom. The number of aryl methyl sites for hydroxylation is 1. The third-order valence-electron chi connectivity index (χ3n) is 6.68. The van der Waals surface area contributed by atoms with Gasteiger partial charge in [-0.1, -0.05) is 29.5 Å². The number of rotatable bonds is 4. The molecule has 7 nitrogen and oxygen atoms in total. The van der Waals surface area contributed by atoms with E-state index in [0.717, 1.165) is 67.6 Å². The lowest BCUT2D eigenvalue weighted by atomic mass is 9.93. The molecule has 0 bridgehead atoms. The molecule has 2 aromatic rings. The molecule has 170 valence electrons. The van der Waals surface area contributed by atoms with Crippen LogP contribution < -0.4 is 4.90 Å². The van der Waals surface area contributed by atoms with Crippen molar-refractivity contribution in [2.75, 3.05) is 44.3 Å². The number of likely N-dealkylation sites (tertiary alicyclic amines) is 1. The van der Waals surface area contributed by atoms with E-state index in [1.54, 1.807) is 24.2 Å². The van der Waals surface area contributed by atoms with Crippen molar-refractivity contribution in [1.82, 2.24) is 14.9 Å². The molecule has 3 saturated heterocycles. The number of nitrogens with zero attached hydrogens (tertiary/aromatic N) is 4. The van der Waals surface area contributed by atoms with Gasteiger partial charge in [-0.15, -0.1) is 0 Å². The molecule has 5 rings (SSSR count). The first kappa shape index (κ1) is 21.7. The Morgan fingerprint density at radius 1 is 1.00 bits per heavy atom. The Labute approximate surface area is 193 Å². The summed E-state index contributed by atoms with van der Waals surface area (Å²) in [4.78, 5) is 27.8. The Kier molecular flexibility index (Phi) is 6.35. The summed E-state index contributed by atoms with van der Waals surface area (Å²) < 4.78 is 11.6. The maximum absolute atomic E-state index is 13.1. The van der Waals surface area contributed by atoms with Crippen molar-refractivity contribution >= 4 is 23.5 Å². The maximum Gasteiger partial charge on any atom is 0.225 e. The summed E-state index contributed by atoms with van der Waals surface area (Å²) in [6.07, 6.45) is 6.74. The topological polar surface area (TPSA) is 67.8 Å². The van der Waals surface area contributed by atoms with Crippen molar-refractivity contribution in [2.45, 2.75) is 48.3 Å². The molecule has 1 spiro atoms. The van der Waals surface area contributed by atoms with Gasteiger partial charge in [0.25, 0.3) is 0 Å². The number of ether oxygens (including phenoxy) is 2. The largest absolute Gasteiger partial charge is 0.354 e. The van der Waals surface area contributed by atoms with Gasteiger partial charge in [0.1, 0.15) is 5.03 Å². The van der Waals surface area contributed by atoms with Crippen molar-refractivity contribution in [3.8, 4) is 0 Å². The summed E-state index contributed by atoms with van der Waals surface area (Å²) in [7, 11) is 0. The number of anilines is 1. The van der Waals surface area contributed by atoms with Gasteiger partial charge in [-0.05, 0) is 31.9 Å². The number of benzene rings is 1. The summed E-state index contributed by atoms with van der Waals surface area (Å²) >= 11 is 1.64. The molecule has 3 fully saturated rings. The highest BCUT2D eigenvalue weighted by atomic mass is 32.2. The molecule has 0 N–H and O–H groups in total. The Balaban J connectivity index is 1.18. The zero-order chi connectivity index (χ0) is 22.0. The SMILES string of the molecule is Cc1ccc(Sc2nccnc2N2CCC(C(=O)N3CCC4(CC3)OCCO4)CC2)cc1. The fourth-order valence-electron chi connectivity index (χ4n) is 4.77. The lowest BCUT2D eigenvalue weighted by Crippen LogP contribution is -2.50. The highest BCUT2D eigenvalue weighted by Crippen LogP contribution is 2.35. The van der Waals surface area contributed by atoms with Crippen molar-refractivity contribution in [3.63, 3.8) is 0 Å². The average molecular weight is 455 g/mol. The second-order valence-corrected chi connectivity index (χ2v) is 9.86. The van der Waals surface area contributed by atoms with Crippen LogP contribution >= 0.6 is 11.8 Å². The van der Waals surface area contributed by atoms with Gasteiger partial charge < -0.3 is 19.3 Å². The van der Waals surface area contributed by atoms with E-state index >= 15 is 0 Å². The number of hydrogen-bond acceptors (Lipinski definition) is 7. The minimum atomic E-state index is -0.433. The number of carbonyl (C=O) groups is 1. The van der Waals surface area contributed by atoms with Crippen molar-refractivity contribution < 1.29 is 14.3 Å². The molecule has 3 aliphatic rings. The second kappa shape index (κ2) is 9.37. The molecule has 8 heteroatoms. The van der Waals surface area contributed by atoms with Crippen LogP contribution in [0.25, 0.3) is 0 Å². The third-order valence-corrected chi connectivity index (χ3v) is 7.67. The summed E-state index contributed by atoms with van der Waals surface area (Å²) in [5.74, 6) is 0.846. The van der Waals surface area contributed by atoms with Gasteiger partial charge in [0, 0.05) is 62.2 Å². The maximum atomic E-state index is 13.1. The van der Waals surface area contributed by atoms with Crippen molar-refractivity contribution in [1.29, 1.82) is 0 Å². The summed E-state index contributed by atoms with van der Waals surface area (Å²) in [5.41, 5.74) is 1.24. The van der Waals surface area contributed by atoms with Crippen LogP contribution in [0.15, 0.2) is 46.6 Å². The van der Waals surface area contributed by atoms with E-state index in [-0.39, 0.29) is 11.8 Å². The van der Waals surface area contributed by atoms with Crippen LogP contribution in [0, 0.1) is 12.8 Å². The van der Waals surface area contributed by atoms with Crippen LogP contribution in [0.5, 0.6) is 0 Å². The molecule has 32 heavy (non-hydrogen) atoms. The Hall–Kier alpha value is -2.16. The lowest BCUT2D eigenvalue weighted by Gasteiger charge is -2.40. The monoisotopic (exact) mass is 454 g/mol. The quantitative estimate of drug-likeness (QED) is 0.700. The Bertz CT molecular complexity index is 931. The van der Waals surface area contributed by atoms with E-state index in [4.69, 9.17) is 9.47 Å². The molecular formula is C24H30N4O3S. The molecule has 1 aromatic carbocycles. The third kappa shape index (κ3) is 4.63. The molecule has 0 radical (unpaired) electrons. The van der Waals surface area contributed by atoms with Crippen LogP contribution in [-0.2, 0) is 14.3 Å². The van der Waals surface area contributed by atoms with E-state index in [1.807, 2.05) is 4.90 Å². The highest BCUT2D eigenvalue weighted by molar-refractivity contribution is 7.99. The molecule has 1 amide bonds. The van der Waals surface area contributed by atoms with Gasteiger partial charge in [0.2, 0.25) is 5.91 Å². The van der Waals surface area contributed by atoms with Crippen molar-refractivity contribution in [3.05, 3.63) is 42.2 Å². The van der Waals surface area contributed by atoms with E-state index in [9.17, 15) is 4.79 Å². The molecule has 3 aliphatic heterocycles. The smallest absolute Gasteiger partial charge is 0.225 e. The van der Waals surface area contributed by atoms with Crippen LogP contribution in [-0.4, -0.2) is 66.0 Å². The number of carbonyl (C=O) groups excluding carboxylic acids is 1. The zero-order valence-electron chi connectivity index (χ0n) is 18.5. The van der Waals surface area contributed by atoms with Gasteiger partial charge >= 0.3 is 0 Å². The fourth-order valence-corrected chi connectivity index (χ4v) is 5.66. The van der Waals surface area contributed by atoms with E-state index < -0.39 is 5.79 Å². The van der Waals surface area contributed by atoms with E-state index in [2.05, 4.69) is 46.1 Å². The lowest BCUT2D eigenvalue weighted by molar-refractivity contribution is -0.188. The Morgan fingerprint density at radius 2 is 1.66 bits per heavy atom. The van der Waals surface area contributed by atoms with Crippen molar-refractivity contribution in [2.24, 2.45) is 5.92 Å². The minimum Gasteiger partial charge on any atom is -0.354 e. The van der Waals surface area contributed by atoms with Crippen LogP contribution in [0.2, 0.25) is 0 Å². The molecule has 0 unspecified atom stereocenters. The van der Waals surface area contributed by atoms with Gasteiger partial charge in [-0.2, -0.15) is 0 Å². The fraction of sp³-hybridized carbons (Fsp3) is 0.542. The van der Waals surface area contributed by atoms with E-state index in [0.29, 0.717) is 13.2 Å². The molecule has 1 aromatic heterocycles. The average Bonchev–Trinajstić information content (AvgIpc) is 3.29. The molecule has 0 aliphatic carbocycles. The number of hydrogen-bond donors (Lipinski definition) is 0. The number of amides is 1. The zero-order valence-corrected chi connectivity index (χ0v) is 19.4. The standard InChI is InChI=1S/C24H30N4O3S/c1-18-2-4-20(5-3-18)32-22-21(25-10-11-26-22)27-12-6-19(7-13-27)23(29)28-14-8-24(9-15-28)30-16-17-31-24/h2-5,10-11,19H,6-9,12-17H2,1H3. The minimum absolute atomic E-state index is 0.0792. The summed E-state index contributed by atoms with van der Waals surface area (Å²) in [6, 6.07) is 8.47. The predicted octanol–water partition coefficient (Wildman–Crippen LogP) is 3.52. The second-order valence-electron chi connectivity index (χ2n) is 8.79. The molecule has 4 heterocycles. The number of aromatic nitrogens is 2. The van der Waals surface area contributed by atoms with Gasteiger partial charge in [0.05, 0.1) is 13.2 Å². The van der Waals surface area contributed by atoms with Crippen LogP contribution in [0.1, 0.15) is 31.2 Å². The summed E-state index contributed by atoms with van der Waals surface area (Å²) in [6.45, 7) is 6.51. The molecule has 0 atom stereocenters. The van der Waals surface area contributed by atoms with Gasteiger partial charge in [0.15, 0.2) is 11.6 Å². The van der Waals surface area contributed by atoms with Crippen LogP contribution in [0.4, 0.5) is 5.82 Å². The number of piperidine rings is 2. The van der Waals surface area contributed by atoms with Gasteiger partial charge in [-0.3, -0.25) is 4.79 Å². The highest BCUT2D eigenvalue weighted by Gasteiger charge is 2.42. The first-order chi connectivity index (χ1) is 15.6. The van der Waals surface area contributed by atoms with E-state index in [1.165, 1.54) is 5.56 Å². The molecular weight excluding hydrogens is 424 g/mol. The first-order valence-electron chi connectivity index (χ1n) is 11.5. The predicted molar refractivity (Wildman–Crippen MR) is 123 cm³/mol. The normalized spacial score (nSPS) is 21.3. The van der Waals surface area contributed by atoms with Crippen LogP contribution in [0.3, 0.4) is 0 Å². The molecule has 0 saturated carbocycles. The van der Waals surface area contributed by atoms with Gasteiger partial charge in [-0.25, -0.2) is 9.97 Å².